The molecule has 4 aromatic heterocycles. The number of furan rings is 1. The number of carbonyl (C=O) groups is 1. The molecule has 12 heteroatoms. The highest BCUT2D eigenvalue weighted by Gasteiger charge is 2.22. The standard InChI is InChI=1S/C26H20ClN7O2S2/c27-19-7-1-2-8-21(19)34-24(22-9-4-13-36-22)31-32-26(34)38-17-23-30-20(16-37-23)25(35)33(12-5-10-28)15-18-6-3-11-29-14-18/h1-4,6-9,11,13-14,16H,5,12,15,17H2. The zero-order chi connectivity index (χ0) is 26.3. The number of hydrogen-bond acceptors (Lipinski definition) is 9. The minimum Gasteiger partial charge on any atom is -0.461 e. The summed E-state index contributed by atoms with van der Waals surface area (Å²) in [5, 5.41) is 21.4. The quantitative estimate of drug-likeness (QED) is 0.194. The molecule has 190 valence electrons. The summed E-state index contributed by atoms with van der Waals surface area (Å²) in [7, 11) is 0. The summed E-state index contributed by atoms with van der Waals surface area (Å²) >= 11 is 9.34. The van der Waals surface area contributed by atoms with Gasteiger partial charge in [-0.3, -0.25) is 14.3 Å². The molecule has 38 heavy (non-hydrogen) atoms. The van der Waals surface area contributed by atoms with Crippen LogP contribution in [-0.4, -0.2) is 42.1 Å². The molecule has 0 saturated heterocycles. The average molecular weight is 562 g/mol. The van der Waals surface area contributed by atoms with Crippen LogP contribution in [0.2, 0.25) is 5.02 Å². The van der Waals surface area contributed by atoms with Gasteiger partial charge in [-0.25, -0.2) is 4.98 Å². The molecule has 0 atom stereocenters. The molecule has 0 bridgehead atoms. The number of thiazole rings is 1. The molecule has 9 nitrogen and oxygen atoms in total. The second-order valence-corrected chi connectivity index (χ2v) is 10.3. The van der Waals surface area contributed by atoms with Crippen LogP contribution in [0.1, 0.15) is 27.5 Å². The lowest BCUT2D eigenvalue weighted by molar-refractivity contribution is 0.0741. The molecule has 0 saturated carbocycles. The molecule has 0 radical (unpaired) electrons. The van der Waals surface area contributed by atoms with Gasteiger partial charge in [0.25, 0.3) is 5.91 Å². The maximum Gasteiger partial charge on any atom is 0.273 e. The summed E-state index contributed by atoms with van der Waals surface area (Å²) < 4.78 is 7.42. The lowest BCUT2D eigenvalue weighted by Gasteiger charge is -2.20. The molecule has 1 amide bonds. The number of carbonyl (C=O) groups excluding carboxylic acids is 1. The fourth-order valence-corrected chi connectivity index (χ4v) is 5.64. The van der Waals surface area contributed by atoms with E-state index in [-0.39, 0.29) is 12.3 Å². The summed E-state index contributed by atoms with van der Waals surface area (Å²) in [6, 6.07) is 16.9. The third-order valence-electron chi connectivity index (χ3n) is 5.44. The van der Waals surface area contributed by atoms with Gasteiger partial charge in [0.15, 0.2) is 10.9 Å². The summed E-state index contributed by atoms with van der Waals surface area (Å²) in [5.41, 5.74) is 1.96. The molecule has 0 N–H and O–H groups in total. The highest BCUT2D eigenvalue weighted by molar-refractivity contribution is 7.98. The number of benzene rings is 1. The molecule has 0 spiro atoms. The molecule has 4 heterocycles. The smallest absolute Gasteiger partial charge is 0.273 e. The van der Waals surface area contributed by atoms with Crippen LogP contribution in [0, 0.1) is 11.3 Å². The number of para-hydroxylation sites is 1. The number of pyridine rings is 1. The highest BCUT2D eigenvalue weighted by Crippen LogP contribution is 2.33. The Labute approximate surface area is 231 Å². The lowest BCUT2D eigenvalue weighted by Crippen LogP contribution is -2.31. The first kappa shape index (κ1) is 25.7. The maximum absolute atomic E-state index is 13.2. The molecule has 0 aliphatic rings. The van der Waals surface area contributed by atoms with E-state index in [2.05, 4.69) is 26.2 Å². The zero-order valence-corrected chi connectivity index (χ0v) is 22.3. The van der Waals surface area contributed by atoms with Crippen molar-refractivity contribution in [3.8, 4) is 23.3 Å². The van der Waals surface area contributed by atoms with E-state index in [0.29, 0.717) is 46.3 Å². The molecular weight excluding hydrogens is 542 g/mol. The van der Waals surface area contributed by atoms with Gasteiger partial charge in [-0.15, -0.1) is 21.5 Å². The third-order valence-corrected chi connectivity index (χ3v) is 7.73. The number of aromatic nitrogens is 5. The highest BCUT2D eigenvalue weighted by atomic mass is 35.5. The lowest BCUT2D eigenvalue weighted by atomic mass is 10.2. The minimum absolute atomic E-state index is 0.226. The van der Waals surface area contributed by atoms with Crippen LogP contribution in [-0.2, 0) is 12.3 Å². The molecule has 5 aromatic rings. The largest absolute Gasteiger partial charge is 0.461 e. The van der Waals surface area contributed by atoms with Crippen molar-refractivity contribution >= 4 is 40.6 Å². The average Bonchev–Trinajstić information content (AvgIpc) is 3.71. The molecule has 0 aliphatic heterocycles. The Morgan fingerprint density at radius 3 is 2.84 bits per heavy atom. The normalized spacial score (nSPS) is 10.8. The van der Waals surface area contributed by atoms with Gasteiger partial charge in [-0.2, -0.15) is 5.26 Å². The van der Waals surface area contributed by atoms with Crippen LogP contribution < -0.4 is 0 Å². The van der Waals surface area contributed by atoms with Gasteiger partial charge in [0.2, 0.25) is 5.82 Å². The maximum atomic E-state index is 13.2. The monoisotopic (exact) mass is 561 g/mol. The van der Waals surface area contributed by atoms with Crippen LogP contribution >= 0.6 is 34.7 Å². The van der Waals surface area contributed by atoms with Gasteiger partial charge in [0.05, 0.1) is 35.2 Å². The molecule has 0 unspecified atom stereocenters. The number of rotatable bonds is 10. The van der Waals surface area contributed by atoms with E-state index in [0.717, 1.165) is 16.3 Å². The van der Waals surface area contributed by atoms with Crippen molar-refractivity contribution in [1.82, 2.24) is 29.6 Å². The fourth-order valence-electron chi connectivity index (χ4n) is 3.69. The van der Waals surface area contributed by atoms with E-state index in [4.69, 9.17) is 21.3 Å². The molecule has 0 fully saturated rings. The topological polar surface area (TPSA) is 114 Å². The predicted molar refractivity (Wildman–Crippen MR) is 145 cm³/mol. The van der Waals surface area contributed by atoms with Crippen molar-refractivity contribution in [3.05, 3.63) is 93.9 Å². The molecule has 1 aromatic carbocycles. The number of hydrogen-bond donors (Lipinski definition) is 0. The molecule has 0 aliphatic carbocycles. The Kier molecular flexibility index (Phi) is 8.13. The van der Waals surface area contributed by atoms with Crippen molar-refractivity contribution in [2.24, 2.45) is 0 Å². The van der Waals surface area contributed by atoms with Crippen molar-refractivity contribution in [2.45, 2.75) is 23.9 Å². The van der Waals surface area contributed by atoms with Crippen LogP contribution in [0.4, 0.5) is 0 Å². The number of halogens is 1. The Hall–Kier alpha value is -3.98. The van der Waals surface area contributed by atoms with E-state index < -0.39 is 0 Å². The number of nitriles is 1. The van der Waals surface area contributed by atoms with Crippen molar-refractivity contribution < 1.29 is 9.21 Å². The van der Waals surface area contributed by atoms with Gasteiger partial charge in [0.1, 0.15) is 10.7 Å². The fraction of sp³-hybridized carbons (Fsp3) is 0.154. The van der Waals surface area contributed by atoms with E-state index in [1.54, 1.807) is 41.1 Å². The Morgan fingerprint density at radius 1 is 1.18 bits per heavy atom. The van der Waals surface area contributed by atoms with Gasteiger partial charge in [0, 0.05) is 30.9 Å². The Bertz CT molecular complexity index is 1560. The summed E-state index contributed by atoms with van der Waals surface area (Å²) in [4.78, 5) is 23.5. The molecule has 5 rings (SSSR count). The minimum atomic E-state index is -0.226. The first-order valence-electron chi connectivity index (χ1n) is 11.5. The van der Waals surface area contributed by atoms with E-state index >= 15 is 0 Å². The van der Waals surface area contributed by atoms with Gasteiger partial charge in [-0.05, 0) is 35.9 Å². The predicted octanol–water partition coefficient (Wildman–Crippen LogP) is 5.88. The van der Waals surface area contributed by atoms with Crippen LogP contribution in [0.3, 0.4) is 0 Å². The molecular formula is C26H20ClN7O2S2. The summed E-state index contributed by atoms with van der Waals surface area (Å²) in [5.74, 6) is 1.34. The summed E-state index contributed by atoms with van der Waals surface area (Å²) in [6.45, 7) is 0.662. The van der Waals surface area contributed by atoms with Gasteiger partial charge >= 0.3 is 0 Å². The first-order valence-corrected chi connectivity index (χ1v) is 13.7. The van der Waals surface area contributed by atoms with Crippen LogP contribution in [0.15, 0.2) is 82.1 Å². The SMILES string of the molecule is N#CCCN(Cc1cccnc1)C(=O)c1csc(CSc2nnc(-c3ccco3)n2-c2ccccc2Cl)n1. The third kappa shape index (κ3) is 5.78. The first-order chi connectivity index (χ1) is 18.6. The second kappa shape index (κ2) is 12.0. The van der Waals surface area contributed by atoms with Crippen molar-refractivity contribution in [3.63, 3.8) is 0 Å². The van der Waals surface area contributed by atoms with Crippen LogP contribution in [0.25, 0.3) is 17.3 Å². The summed E-state index contributed by atoms with van der Waals surface area (Å²) in [6.07, 6.45) is 5.20. The number of amides is 1. The van der Waals surface area contributed by atoms with Crippen molar-refractivity contribution in [1.29, 1.82) is 5.26 Å². The Balaban J connectivity index is 1.35. The van der Waals surface area contributed by atoms with E-state index in [1.807, 2.05) is 41.0 Å². The second-order valence-electron chi connectivity index (χ2n) is 7.98. The zero-order valence-electron chi connectivity index (χ0n) is 19.9. The number of thioether (sulfide) groups is 1. The van der Waals surface area contributed by atoms with E-state index in [1.165, 1.54) is 23.1 Å². The van der Waals surface area contributed by atoms with Crippen LogP contribution in [0.5, 0.6) is 0 Å². The van der Waals surface area contributed by atoms with E-state index in [9.17, 15) is 4.79 Å². The van der Waals surface area contributed by atoms with Gasteiger partial charge in [-0.1, -0.05) is 41.6 Å². The van der Waals surface area contributed by atoms with Gasteiger partial charge < -0.3 is 9.32 Å². The Morgan fingerprint density at radius 2 is 2.08 bits per heavy atom. The van der Waals surface area contributed by atoms with Crippen molar-refractivity contribution in [2.75, 3.05) is 6.54 Å². The number of nitrogens with zero attached hydrogens (tertiary/aromatic N) is 7.